The summed E-state index contributed by atoms with van der Waals surface area (Å²) in [7, 11) is 0. The van der Waals surface area contributed by atoms with Gasteiger partial charge in [-0.2, -0.15) is 0 Å². The van der Waals surface area contributed by atoms with Gasteiger partial charge < -0.3 is 10.4 Å². The Morgan fingerprint density at radius 3 is 2.57 bits per heavy atom. The van der Waals surface area contributed by atoms with Crippen molar-refractivity contribution in [3.8, 4) is 5.75 Å². The molecule has 2 aromatic carbocycles. The molecule has 0 saturated carbocycles. The summed E-state index contributed by atoms with van der Waals surface area (Å²) in [5.41, 5.74) is 1.80. The summed E-state index contributed by atoms with van der Waals surface area (Å²) in [6, 6.07) is 12.2. The van der Waals surface area contributed by atoms with Gasteiger partial charge in [0.25, 0.3) is 0 Å². The Bertz CT molecular complexity index is 586. The van der Waals surface area contributed by atoms with Crippen LogP contribution in [-0.4, -0.2) is 11.1 Å². The Kier molecular flexibility index (Phi) is 5.59. The molecule has 21 heavy (non-hydrogen) atoms. The second kappa shape index (κ2) is 7.43. The maximum absolute atomic E-state index is 13.6. The minimum absolute atomic E-state index is 0.272. The van der Waals surface area contributed by atoms with Gasteiger partial charge in [0.2, 0.25) is 0 Å². The third-order valence-corrected chi connectivity index (χ3v) is 3.69. The molecular formula is C17H19ClFNO. The van der Waals surface area contributed by atoms with Crippen LogP contribution >= 0.6 is 11.6 Å². The zero-order valence-electron chi connectivity index (χ0n) is 11.9. The van der Waals surface area contributed by atoms with Gasteiger partial charge in [-0.3, -0.25) is 0 Å². The van der Waals surface area contributed by atoms with E-state index in [0.717, 1.165) is 12.8 Å². The molecule has 0 heterocycles. The van der Waals surface area contributed by atoms with Crippen LogP contribution in [0.5, 0.6) is 5.75 Å². The number of hydrogen-bond donors (Lipinski definition) is 2. The highest BCUT2D eigenvalue weighted by Crippen LogP contribution is 2.15. The topological polar surface area (TPSA) is 32.3 Å². The number of phenols is 1. The van der Waals surface area contributed by atoms with Crippen molar-refractivity contribution in [1.82, 2.24) is 5.32 Å². The third kappa shape index (κ3) is 5.03. The van der Waals surface area contributed by atoms with Crippen LogP contribution in [0.4, 0.5) is 4.39 Å². The Hall–Kier alpha value is -1.58. The number of rotatable bonds is 6. The molecule has 112 valence electrons. The van der Waals surface area contributed by atoms with E-state index in [1.54, 1.807) is 24.3 Å². The fourth-order valence-electron chi connectivity index (χ4n) is 2.10. The second-order valence-corrected chi connectivity index (χ2v) is 5.66. The van der Waals surface area contributed by atoms with E-state index < -0.39 is 0 Å². The average molecular weight is 308 g/mol. The second-order valence-electron chi connectivity index (χ2n) is 5.22. The number of benzene rings is 2. The molecule has 1 unspecified atom stereocenters. The summed E-state index contributed by atoms with van der Waals surface area (Å²) in [5, 5.41) is 13.0. The lowest BCUT2D eigenvalue weighted by Crippen LogP contribution is -2.26. The fraction of sp³-hybridized carbons (Fsp3) is 0.294. The summed E-state index contributed by atoms with van der Waals surface area (Å²) in [4.78, 5) is 0. The van der Waals surface area contributed by atoms with Crippen molar-refractivity contribution >= 4 is 11.6 Å². The molecule has 0 spiro atoms. The highest BCUT2D eigenvalue weighted by Gasteiger charge is 2.06. The van der Waals surface area contributed by atoms with Crippen LogP contribution in [0.15, 0.2) is 42.5 Å². The van der Waals surface area contributed by atoms with Gasteiger partial charge in [0.05, 0.1) is 0 Å². The SMILES string of the molecule is CC(CCc1ccc(O)cc1)NCc1ccc(Cl)cc1F. The predicted molar refractivity (Wildman–Crippen MR) is 84.1 cm³/mol. The molecule has 0 bridgehead atoms. The van der Waals surface area contributed by atoms with Gasteiger partial charge in [0.15, 0.2) is 0 Å². The molecule has 2 N–H and O–H groups in total. The fourth-order valence-corrected chi connectivity index (χ4v) is 2.26. The van der Waals surface area contributed by atoms with E-state index in [-0.39, 0.29) is 17.6 Å². The zero-order valence-corrected chi connectivity index (χ0v) is 12.7. The van der Waals surface area contributed by atoms with Crippen molar-refractivity contribution < 1.29 is 9.50 Å². The Morgan fingerprint density at radius 2 is 1.90 bits per heavy atom. The molecule has 0 aliphatic heterocycles. The normalized spacial score (nSPS) is 12.3. The van der Waals surface area contributed by atoms with Gasteiger partial charge in [0.1, 0.15) is 11.6 Å². The van der Waals surface area contributed by atoms with Crippen molar-refractivity contribution in [2.24, 2.45) is 0 Å². The Morgan fingerprint density at radius 1 is 1.19 bits per heavy atom. The molecular weight excluding hydrogens is 289 g/mol. The first-order valence-electron chi connectivity index (χ1n) is 7.00. The summed E-state index contributed by atoms with van der Waals surface area (Å²) in [5.74, 6) is 0.00358. The van der Waals surface area contributed by atoms with E-state index in [1.807, 2.05) is 12.1 Å². The maximum Gasteiger partial charge on any atom is 0.129 e. The van der Waals surface area contributed by atoms with Crippen LogP contribution in [0.3, 0.4) is 0 Å². The van der Waals surface area contributed by atoms with E-state index in [1.165, 1.54) is 11.6 Å². The highest BCUT2D eigenvalue weighted by atomic mass is 35.5. The lowest BCUT2D eigenvalue weighted by Gasteiger charge is -2.14. The minimum atomic E-state index is -0.277. The average Bonchev–Trinajstić information content (AvgIpc) is 2.46. The van der Waals surface area contributed by atoms with Crippen LogP contribution in [0.2, 0.25) is 5.02 Å². The van der Waals surface area contributed by atoms with E-state index >= 15 is 0 Å². The van der Waals surface area contributed by atoms with Crippen LogP contribution in [0.25, 0.3) is 0 Å². The molecule has 0 amide bonds. The standard InChI is InChI=1S/C17H19ClFNO/c1-12(2-3-13-4-8-16(21)9-5-13)20-11-14-6-7-15(18)10-17(14)19/h4-10,12,20-21H,2-3,11H2,1H3. The lowest BCUT2D eigenvalue weighted by molar-refractivity contribution is 0.474. The van der Waals surface area contributed by atoms with Gasteiger partial charge in [-0.15, -0.1) is 0 Å². The molecule has 4 heteroatoms. The molecule has 0 aliphatic carbocycles. The Balaban J connectivity index is 1.79. The quantitative estimate of drug-likeness (QED) is 0.834. The summed E-state index contributed by atoms with van der Waals surface area (Å²) < 4.78 is 13.6. The van der Waals surface area contributed by atoms with Crippen molar-refractivity contribution in [2.75, 3.05) is 0 Å². The van der Waals surface area contributed by atoms with Crippen LogP contribution in [-0.2, 0) is 13.0 Å². The molecule has 0 saturated heterocycles. The van der Waals surface area contributed by atoms with Crippen LogP contribution in [0, 0.1) is 5.82 Å². The molecule has 2 nitrogen and oxygen atoms in total. The monoisotopic (exact) mass is 307 g/mol. The molecule has 0 aliphatic rings. The molecule has 0 radical (unpaired) electrons. The summed E-state index contributed by atoms with van der Waals surface area (Å²) >= 11 is 5.73. The number of nitrogens with one attached hydrogen (secondary N) is 1. The smallest absolute Gasteiger partial charge is 0.129 e. The first-order valence-corrected chi connectivity index (χ1v) is 7.37. The minimum Gasteiger partial charge on any atom is -0.508 e. The van der Waals surface area contributed by atoms with E-state index in [0.29, 0.717) is 17.1 Å². The maximum atomic E-state index is 13.6. The van der Waals surface area contributed by atoms with Crippen molar-refractivity contribution in [2.45, 2.75) is 32.4 Å². The van der Waals surface area contributed by atoms with Gasteiger partial charge in [-0.05, 0) is 49.6 Å². The molecule has 1 atom stereocenters. The number of hydrogen-bond acceptors (Lipinski definition) is 2. The highest BCUT2D eigenvalue weighted by molar-refractivity contribution is 6.30. The lowest BCUT2D eigenvalue weighted by atomic mass is 10.1. The number of halogens is 2. The molecule has 0 fully saturated rings. The van der Waals surface area contributed by atoms with Gasteiger partial charge >= 0.3 is 0 Å². The van der Waals surface area contributed by atoms with Crippen molar-refractivity contribution in [3.05, 3.63) is 64.4 Å². The van der Waals surface area contributed by atoms with Crippen molar-refractivity contribution in [3.63, 3.8) is 0 Å². The molecule has 0 aromatic heterocycles. The molecule has 2 aromatic rings. The first kappa shape index (κ1) is 15.8. The van der Waals surface area contributed by atoms with Crippen LogP contribution in [0.1, 0.15) is 24.5 Å². The first-order chi connectivity index (χ1) is 10.0. The van der Waals surface area contributed by atoms with E-state index in [2.05, 4.69) is 12.2 Å². The van der Waals surface area contributed by atoms with E-state index in [4.69, 9.17) is 11.6 Å². The van der Waals surface area contributed by atoms with E-state index in [9.17, 15) is 9.50 Å². The predicted octanol–water partition coefficient (Wildman–Crippen LogP) is 4.30. The van der Waals surface area contributed by atoms with Crippen LogP contribution < -0.4 is 5.32 Å². The number of aryl methyl sites for hydroxylation is 1. The molecule has 2 rings (SSSR count). The summed E-state index contributed by atoms with van der Waals surface area (Å²) in [6.45, 7) is 2.56. The Labute approximate surface area is 129 Å². The largest absolute Gasteiger partial charge is 0.508 e. The number of aromatic hydroxyl groups is 1. The van der Waals surface area contributed by atoms with Gasteiger partial charge in [-0.1, -0.05) is 29.8 Å². The summed E-state index contributed by atoms with van der Waals surface area (Å²) in [6.07, 6.45) is 1.86. The number of phenolic OH excluding ortho intramolecular Hbond substituents is 1. The van der Waals surface area contributed by atoms with Gasteiger partial charge in [-0.25, -0.2) is 4.39 Å². The third-order valence-electron chi connectivity index (χ3n) is 3.46. The van der Waals surface area contributed by atoms with Crippen molar-refractivity contribution in [1.29, 1.82) is 0 Å². The van der Waals surface area contributed by atoms with Gasteiger partial charge in [0, 0.05) is 23.2 Å². The zero-order chi connectivity index (χ0) is 15.2.